The van der Waals surface area contributed by atoms with E-state index in [-0.39, 0.29) is 11.1 Å². The molecule has 26 heteroatoms. The molecule has 14 nitrogen and oxygen atoms in total. The van der Waals surface area contributed by atoms with E-state index in [0.717, 1.165) is 48.5 Å². The zero-order valence-corrected chi connectivity index (χ0v) is 34.9. The van der Waals surface area contributed by atoms with E-state index in [1.54, 1.807) is 0 Å². The Labute approximate surface area is 365 Å². The summed E-state index contributed by atoms with van der Waals surface area (Å²) >= 11 is 27.0. The Kier molecular flexibility index (Phi) is 12.0. The fourth-order valence-corrected chi connectivity index (χ4v) is 11.8. The van der Waals surface area contributed by atoms with Gasteiger partial charge in [0.05, 0.1) is 22.8 Å². The highest BCUT2D eigenvalue weighted by Gasteiger charge is 2.57. The largest absolute Gasteiger partial charge is 0.473 e. The number of alkyl halides is 6. The molecule has 0 heterocycles. The normalized spacial score (nSPS) is 22.2. The summed E-state index contributed by atoms with van der Waals surface area (Å²) in [4.78, 5) is 30.1. The Morgan fingerprint density at radius 3 is 1.13 bits per heavy atom. The summed E-state index contributed by atoms with van der Waals surface area (Å²) in [5.41, 5.74) is -5.74. The number of aliphatic imine (C=N–C) groups is 2. The van der Waals surface area contributed by atoms with Gasteiger partial charge in [0.25, 0.3) is 20.2 Å². The molecular formula is C36H22Cl4F6N6O8S2. The third kappa shape index (κ3) is 7.65. The lowest BCUT2D eigenvalue weighted by atomic mass is 9.75. The van der Waals surface area contributed by atoms with E-state index < -0.39 is 143 Å². The smallest absolute Gasteiger partial charge is 0.323 e. The second kappa shape index (κ2) is 16.0. The van der Waals surface area contributed by atoms with Crippen molar-refractivity contribution in [1.82, 2.24) is 0 Å². The van der Waals surface area contributed by atoms with E-state index in [2.05, 4.69) is 20.2 Å². The maximum atomic E-state index is 13.6. The van der Waals surface area contributed by atoms with Crippen LogP contribution in [0.5, 0.6) is 0 Å². The highest BCUT2D eigenvalue weighted by molar-refractivity contribution is 7.87. The third-order valence-corrected chi connectivity index (χ3v) is 14.0. The van der Waals surface area contributed by atoms with Crippen molar-refractivity contribution in [2.45, 2.75) is 34.7 Å². The molecule has 2 unspecified atom stereocenters. The topological polar surface area (TPSA) is 244 Å². The van der Waals surface area contributed by atoms with Crippen molar-refractivity contribution in [3.63, 3.8) is 0 Å². The van der Waals surface area contributed by atoms with E-state index >= 15 is 0 Å². The Hall–Kier alpha value is -4.94. The number of rotatable bonds is 5. The van der Waals surface area contributed by atoms with Gasteiger partial charge < -0.3 is 11.7 Å². The van der Waals surface area contributed by atoms with Crippen molar-refractivity contribution < 1.29 is 61.9 Å². The number of nitrogens with two attached hydrogens (primary N) is 2. The van der Waals surface area contributed by atoms with Crippen LogP contribution in [0.25, 0.3) is 11.1 Å². The van der Waals surface area contributed by atoms with Crippen molar-refractivity contribution in [3.05, 3.63) is 126 Å². The number of hydrogen-bond acceptors (Lipinski definition) is 10. The van der Waals surface area contributed by atoms with Gasteiger partial charge in [-0.25, -0.2) is 9.98 Å². The molecule has 326 valence electrons. The number of hydrogen-bond donors (Lipinski definition) is 4. The minimum absolute atomic E-state index is 0.0198. The standard InChI is InChI=1S/C36H22Cl4F6N6O8S2/c37-21-9-15(10-22(38)27(21)33(61(55,56)57)13-25(51-47)29(49-31(53)35(41,42)43)17-5-1-3-7-19(17)33)16-11-23(39)28(24(40)12-16)34(62(58,59)60)14-26(52-48)30(50-32(54)36(44,45)46)18-6-2-4-8-20(18)34/h1-12H,13-14,47-48H2,(H,55,56,57)(H,58,59,60). The fraction of sp³-hybridized carbons (Fsp3) is 0.167. The first-order valence-corrected chi connectivity index (χ1v) is 21.1. The van der Waals surface area contributed by atoms with Crippen LogP contribution in [0.4, 0.5) is 26.3 Å². The van der Waals surface area contributed by atoms with E-state index in [9.17, 15) is 61.9 Å². The highest BCUT2D eigenvalue weighted by Crippen LogP contribution is 2.54. The van der Waals surface area contributed by atoms with Gasteiger partial charge in [0, 0.05) is 55.2 Å². The molecule has 4 aromatic carbocycles. The number of fused-ring (bicyclic) bond motifs is 2. The molecule has 0 radical (unpaired) electrons. The molecule has 2 aliphatic rings. The van der Waals surface area contributed by atoms with Crippen LogP contribution in [0.15, 0.2) is 93.0 Å². The molecule has 2 amide bonds. The highest BCUT2D eigenvalue weighted by atomic mass is 35.5. The molecule has 62 heavy (non-hydrogen) atoms. The van der Waals surface area contributed by atoms with E-state index in [0.29, 0.717) is 0 Å². The van der Waals surface area contributed by atoms with Gasteiger partial charge in [-0.15, -0.1) is 0 Å². The zero-order chi connectivity index (χ0) is 46.1. The van der Waals surface area contributed by atoms with Crippen LogP contribution in [-0.2, 0) is 39.3 Å². The van der Waals surface area contributed by atoms with Crippen LogP contribution in [0.2, 0.25) is 20.1 Å². The quantitative estimate of drug-likeness (QED) is 0.0667. The number of benzene rings is 4. The Balaban J connectivity index is 1.56. The average molecular weight is 987 g/mol. The fourth-order valence-electron chi connectivity index (χ4n) is 7.43. The number of carbonyl (C=O) groups excluding carboxylic acids is 2. The predicted octanol–water partition coefficient (Wildman–Crippen LogP) is 7.42. The van der Waals surface area contributed by atoms with Crippen LogP contribution >= 0.6 is 46.4 Å². The summed E-state index contributed by atoms with van der Waals surface area (Å²) in [6, 6.07) is 13.8. The monoisotopic (exact) mass is 984 g/mol. The molecular weight excluding hydrogens is 964 g/mol. The molecule has 6 N–H and O–H groups in total. The number of hydrazone groups is 2. The second-order valence-electron chi connectivity index (χ2n) is 13.4. The number of nitrogens with zero attached hydrogens (tertiary/aromatic N) is 4. The molecule has 6 rings (SSSR count). The lowest BCUT2D eigenvalue weighted by molar-refractivity contribution is -0.169. The summed E-state index contributed by atoms with van der Waals surface area (Å²) in [6.07, 6.45) is -13.0. The zero-order valence-electron chi connectivity index (χ0n) is 30.2. The molecule has 2 atom stereocenters. The molecule has 0 spiro atoms. The van der Waals surface area contributed by atoms with Crippen molar-refractivity contribution >= 4 is 101 Å². The molecule has 0 bridgehead atoms. The van der Waals surface area contributed by atoms with Gasteiger partial charge in [-0.2, -0.15) is 53.4 Å². The number of halogens is 10. The molecule has 0 saturated heterocycles. The van der Waals surface area contributed by atoms with Gasteiger partial charge in [-0.05, 0) is 46.5 Å². The van der Waals surface area contributed by atoms with Crippen LogP contribution in [0.3, 0.4) is 0 Å². The van der Waals surface area contributed by atoms with Crippen molar-refractivity contribution in [2.75, 3.05) is 0 Å². The van der Waals surface area contributed by atoms with Gasteiger partial charge in [0.2, 0.25) is 0 Å². The molecule has 0 aromatic heterocycles. The molecule has 4 aromatic rings. The first-order chi connectivity index (χ1) is 28.6. The van der Waals surface area contributed by atoms with Gasteiger partial charge in [0.1, 0.15) is 0 Å². The van der Waals surface area contributed by atoms with Crippen LogP contribution in [-0.4, -0.2) is 73.0 Å². The number of amides is 2. The molecule has 0 aliphatic heterocycles. The van der Waals surface area contributed by atoms with Gasteiger partial charge in [-0.3, -0.25) is 18.7 Å². The first-order valence-electron chi connectivity index (χ1n) is 16.7. The molecule has 2 aliphatic carbocycles. The summed E-state index contributed by atoms with van der Waals surface area (Å²) in [7, 11) is -11.0. The van der Waals surface area contributed by atoms with Crippen molar-refractivity contribution in [1.29, 1.82) is 0 Å². The summed E-state index contributed by atoms with van der Waals surface area (Å²) in [5, 5.41) is 4.73. The SMILES string of the molecule is NN=C1CC(c2c(Cl)cc(-c3cc(Cl)c(C4(S(=O)(=O)O)CC(=NN)C(=NC(=O)C(F)(F)F)c5ccccc54)c(Cl)c3)cc2Cl)(S(=O)(=O)O)c2ccccc2C1=NC(=O)C(F)(F)F. The van der Waals surface area contributed by atoms with Crippen molar-refractivity contribution in [3.8, 4) is 11.1 Å². The van der Waals surface area contributed by atoms with Gasteiger partial charge in [-0.1, -0.05) is 94.9 Å². The summed E-state index contributed by atoms with van der Waals surface area (Å²) < 4.78 is 150. The predicted molar refractivity (Wildman–Crippen MR) is 217 cm³/mol. The Morgan fingerprint density at radius 2 is 0.871 bits per heavy atom. The second-order valence-corrected chi connectivity index (χ2v) is 18.3. The first kappa shape index (κ1) is 46.6. The van der Waals surface area contributed by atoms with Gasteiger partial charge >= 0.3 is 24.2 Å². The van der Waals surface area contributed by atoms with Gasteiger partial charge in [0.15, 0.2) is 9.49 Å². The molecule has 0 fully saturated rings. The number of carbonyl (C=O) groups is 2. The van der Waals surface area contributed by atoms with E-state index in [1.165, 1.54) is 24.3 Å². The average Bonchev–Trinajstić information content (AvgIpc) is 3.16. The Bertz CT molecular complexity index is 2740. The maximum absolute atomic E-state index is 13.6. The summed E-state index contributed by atoms with van der Waals surface area (Å²) in [5.74, 6) is 5.82. The van der Waals surface area contributed by atoms with E-state index in [1.807, 2.05) is 0 Å². The van der Waals surface area contributed by atoms with Crippen LogP contribution in [0.1, 0.15) is 46.2 Å². The minimum Gasteiger partial charge on any atom is -0.323 e. The third-order valence-electron chi connectivity index (χ3n) is 9.94. The van der Waals surface area contributed by atoms with Crippen LogP contribution < -0.4 is 11.7 Å². The van der Waals surface area contributed by atoms with Crippen LogP contribution in [0, 0.1) is 0 Å². The Morgan fingerprint density at radius 1 is 0.581 bits per heavy atom. The van der Waals surface area contributed by atoms with Crippen molar-refractivity contribution in [2.24, 2.45) is 31.9 Å². The molecule has 0 saturated carbocycles. The minimum atomic E-state index is -5.49. The lowest BCUT2D eigenvalue weighted by Crippen LogP contribution is -2.47. The lowest BCUT2D eigenvalue weighted by Gasteiger charge is -2.39. The summed E-state index contributed by atoms with van der Waals surface area (Å²) in [6.45, 7) is 0. The van der Waals surface area contributed by atoms with E-state index in [4.69, 9.17) is 58.1 Å². The maximum Gasteiger partial charge on any atom is 0.473 e.